The maximum Gasteiger partial charge on any atom is 0.416 e. The lowest BCUT2D eigenvalue weighted by Crippen LogP contribution is -2.16. The Hall–Kier alpha value is -2.59. The summed E-state index contributed by atoms with van der Waals surface area (Å²) in [7, 11) is 0. The fourth-order valence-electron chi connectivity index (χ4n) is 2.09. The SMILES string of the molecule is Cc1c([N+](=O)[O-])cnn1Cc1ccc(C(F)(F)F)cc1C(F)(F)F. The van der Waals surface area contributed by atoms with Crippen LogP contribution in [0, 0.1) is 17.0 Å². The van der Waals surface area contributed by atoms with E-state index in [-0.39, 0.29) is 11.8 Å². The van der Waals surface area contributed by atoms with Crippen molar-refractivity contribution in [2.75, 3.05) is 0 Å². The van der Waals surface area contributed by atoms with Gasteiger partial charge in [-0.15, -0.1) is 0 Å². The van der Waals surface area contributed by atoms with Gasteiger partial charge in [-0.2, -0.15) is 31.4 Å². The Kier molecular flexibility index (Phi) is 4.29. The Balaban J connectivity index is 2.49. The zero-order valence-electron chi connectivity index (χ0n) is 11.9. The number of nitro groups is 1. The molecule has 1 heterocycles. The van der Waals surface area contributed by atoms with Gasteiger partial charge in [0.25, 0.3) is 0 Å². The number of aromatic nitrogens is 2. The van der Waals surface area contributed by atoms with Crippen LogP contribution in [0.2, 0.25) is 0 Å². The number of halogens is 6. The van der Waals surface area contributed by atoms with Crippen molar-refractivity contribution < 1.29 is 31.3 Å². The molecule has 1 aromatic heterocycles. The lowest BCUT2D eigenvalue weighted by Gasteiger charge is -2.16. The van der Waals surface area contributed by atoms with E-state index in [0.717, 1.165) is 10.9 Å². The van der Waals surface area contributed by atoms with E-state index in [2.05, 4.69) is 5.10 Å². The van der Waals surface area contributed by atoms with E-state index in [4.69, 9.17) is 0 Å². The lowest BCUT2D eigenvalue weighted by molar-refractivity contribution is -0.385. The molecule has 0 spiro atoms. The largest absolute Gasteiger partial charge is 0.416 e. The number of hydrogen-bond acceptors (Lipinski definition) is 3. The van der Waals surface area contributed by atoms with E-state index in [1.165, 1.54) is 6.92 Å². The fourth-order valence-corrected chi connectivity index (χ4v) is 2.09. The van der Waals surface area contributed by atoms with Gasteiger partial charge in [0, 0.05) is 0 Å². The smallest absolute Gasteiger partial charge is 0.258 e. The normalized spacial score (nSPS) is 12.5. The van der Waals surface area contributed by atoms with E-state index in [9.17, 15) is 36.5 Å². The summed E-state index contributed by atoms with van der Waals surface area (Å²) >= 11 is 0. The van der Waals surface area contributed by atoms with Gasteiger partial charge in [0.15, 0.2) is 0 Å². The number of benzene rings is 1. The molecule has 0 unspecified atom stereocenters. The maximum atomic E-state index is 13.0. The quantitative estimate of drug-likeness (QED) is 0.472. The van der Waals surface area contributed by atoms with Crippen molar-refractivity contribution in [1.82, 2.24) is 9.78 Å². The summed E-state index contributed by atoms with van der Waals surface area (Å²) in [5.41, 5.74) is -3.77. The summed E-state index contributed by atoms with van der Waals surface area (Å²) < 4.78 is 77.9. The highest BCUT2D eigenvalue weighted by atomic mass is 19.4. The molecule has 0 radical (unpaired) electrons. The first-order valence-electron chi connectivity index (χ1n) is 6.35. The Labute approximate surface area is 130 Å². The predicted octanol–water partition coefficient (Wildman–Crippen LogP) is 4.19. The molecule has 0 atom stereocenters. The van der Waals surface area contributed by atoms with Crippen LogP contribution in [-0.2, 0) is 18.9 Å². The van der Waals surface area contributed by atoms with Gasteiger partial charge in [0.05, 0.1) is 22.6 Å². The molecule has 24 heavy (non-hydrogen) atoms. The molecule has 130 valence electrons. The third-order valence-corrected chi connectivity index (χ3v) is 3.34. The fraction of sp³-hybridized carbons (Fsp3) is 0.308. The molecule has 0 N–H and O–H groups in total. The molecular weight excluding hydrogens is 344 g/mol. The van der Waals surface area contributed by atoms with E-state index in [0.29, 0.717) is 12.1 Å². The van der Waals surface area contributed by atoms with Crippen molar-refractivity contribution in [3.63, 3.8) is 0 Å². The highest BCUT2D eigenvalue weighted by Crippen LogP contribution is 2.37. The molecule has 0 amide bonds. The van der Waals surface area contributed by atoms with Crippen LogP contribution >= 0.6 is 0 Å². The lowest BCUT2D eigenvalue weighted by atomic mass is 10.0. The highest BCUT2D eigenvalue weighted by molar-refractivity contribution is 5.37. The van der Waals surface area contributed by atoms with Crippen LogP contribution in [0.15, 0.2) is 24.4 Å². The molecule has 5 nitrogen and oxygen atoms in total. The zero-order valence-corrected chi connectivity index (χ0v) is 11.9. The summed E-state index contributed by atoms with van der Waals surface area (Å²) in [6.07, 6.45) is -9.06. The monoisotopic (exact) mass is 353 g/mol. The Bertz CT molecular complexity index is 779. The van der Waals surface area contributed by atoms with Gasteiger partial charge in [0.2, 0.25) is 0 Å². The molecule has 1 aromatic carbocycles. The van der Waals surface area contributed by atoms with Crippen LogP contribution in [0.1, 0.15) is 22.4 Å². The van der Waals surface area contributed by atoms with E-state index >= 15 is 0 Å². The summed E-state index contributed by atoms with van der Waals surface area (Å²) in [5.74, 6) is 0. The minimum Gasteiger partial charge on any atom is -0.258 e. The average molecular weight is 353 g/mol. The van der Waals surface area contributed by atoms with Crippen LogP contribution in [0.5, 0.6) is 0 Å². The number of alkyl halides is 6. The van der Waals surface area contributed by atoms with Gasteiger partial charge in [-0.05, 0) is 24.6 Å². The molecule has 0 aliphatic rings. The first-order chi connectivity index (χ1) is 10.9. The molecule has 0 fully saturated rings. The summed E-state index contributed by atoms with van der Waals surface area (Å²) in [6.45, 7) is 0.731. The topological polar surface area (TPSA) is 61.0 Å². The Morgan fingerprint density at radius 2 is 1.79 bits per heavy atom. The third-order valence-electron chi connectivity index (χ3n) is 3.34. The minimum atomic E-state index is -5.01. The van der Waals surface area contributed by atoms with Gasteiger partial charge in [-0.1, -0.05) is 6.07 Å². The summed E-state index contributed by atoms with van der Waals surface area (Å²) in [5, 5.41) is 14.3. The third kappa shape index (κ3) is 3.49. The molecule has 2 rings (SSSR count). The molecule has 0 bridgehead atoms. The Morgan fingerprint density at radius 1 is 1.17 bits per heavy atom. The van der Waals surface area contributed by atoms with Crippen LogP contribution in [-0.4, -0.2) is 14.7 Å². The van der Waals surface area contributed by atoms with Crippen LogP contribution in [0.4, 0.5) is 32.0 Å². The number of hydrogen-bond donors (Lipinski definition) is 0. The first-order valence-corrected chi connectivity index (χ1v) is 6.35. The second kappa shape index (κ2) is 5.80. The molecule has 2 aromatic rings. The molecule has 11 heteroatoms. The van der Waals surface area contributed by atoms with Crippen molar-refractivity contribution in [3.8, 4) is 0 Å². The molecule has 0 saturated heterocycles. The maximum absolute atomic E-state index is 13.0. The van der Waals surface area contributed by atoms with Crippen molar-refractivity contribution in [2.24, 2.45) is 0 Å². The number of rotatable bonds is 3. The average Bonchev–Trinajstić information content (AvgIpc) is 2.78. The molecule has 0 aliphatic carbocycles. The second-order valence-electron chi connectivity index (χ2n) is 4.90. The van der Waals surface area contributed by atoms with Crippen LogP contribution in [0.3, 0.4) is 0 Å². The van der Waals surface area contributed by atoms with Gasteiger partial charge in [0.1, 0.15) is 11.9 Å². The van der Waals surface area contributed by atoms with Crippen LogP contribution < -0.4 is 0 Å². The van der Waals surface area contributed by atoms with E-state index in [1.807, 2.05) is 0 Å². The first kappa shape index (κ1) is 17.8. The minimum absolute atomic E-state index is 0.00646. The second-order valence-corrected chi connectivity index (χ2v) is 4.90. The molecular formula is C13H9F6N3O2. The van der Waals surface area contributed by atoms with Crippen LogP contribution in [0.25, 0.3) is 0 Å². The van der Waals surface area contributed by atoms with Gasteiger partial charge < -0.3 is 0 Å². The molecule has 0 saturated carbocycles. The summed E-state index contributed by atoms with van der Waals surface area (Å²) in [6, 6.07) is 1.24. The van der Waals surface area contributed by atoms with Crippen molar-refractivity contribution in [1.29, 1.82) is 0 Å². The Morgan fingerprint density at radius 3 is 2.25 bits per heavy atom. The summed E-state index contributed by atoms with van der Waals surface area (Å²) in [4.78, 5) is 9.96. The van der Waals surface area contributed by atoms with Gasteiger partial charge in [-0.25, -0.2) is 0 Å². The predicted molar refractivity (Wildman–Crippen MR) is 69.2 cm³/mol. The zero-order chi connectivity index (χ0) is 18.3. The van der Waals surface area contributed by atoms with E-state index in [1.54, 1.807) is 0 Å². The number of nitrogens with zero attached hydrogens (tertiary/aromatic N) is 3. The van der Waals surface area contributed by atoms with Crippen molar-refractivity contribution in [2.45, 2.75) is 25.8 Å². The molecule has 0 aliphatic heterocycles. The van der Waals surface area contributed by atoms with Crippen molar-refractivity contribution in [3.05, 3.63) is 56.9 Å². The van der Waals surface area contributed by atoms with Gasteiger partial charge >= 0.3 is 18.0 Å². The highest BCUT2D eigenvalue weighted by Gasteiger charge is 2.38. The van der Waals surface area contributed by atoms with Gasteiger partial charge in [-0.3, -0.25) is 14.8 Å². The standard InChI is InChI=1S/C13H9F6N3O2/c1-7-11(22(23)24)5-20-21(7)6-8-2-3-9(12(14,15)16)4-10(8)13(17,18)19/h2-5H,6H2,1H3. The van der Waals surface area contributed by atoms with Crippen molar-refractivity contribution >= 4 is 5.69 Å². The van der Waals surface area contributed by atoms with E-state index < -0.39 is 46.2 Å².